The quantitative estimate of drug-likeness (QED) is 0.178. The fraction of sp³-hybridized carbons (Fsp3) is 0.176. The summed E-state index contributed by atoms with van der Waals surface area (Å²) in [6.45, 7) is 7.27. The molecule has 0 atom stereocenters. The summed E-state index contributed by atoms with van der Waals surface area (Å²) in [5, 5.41) is 13.2. The number of rotatable bonds is 8. The van der Waals surface area contributed by atoms with Crippen molar-refractivity contribution in [2.45, 2.75) is 0 Å². The van der Waals surface area contributed by atoms with E-state index in [0.717, 1.165) is 42.5 Å². The molecule has 0 unspecified atom stereocenters. The Hall–Kier alpha value is -6.48. The molecule has 15 nitrogen and oxygen atoms in total. The van der Waals surface area contributed by atoms with Gasteiger partial charge in [0.05, 0.1) is 24.2 Å². The first-order valence-electron chi connectivity index (χ1n) is 15.1. The fourth-order valence-electron chi connectivity index (χ4n) is 5.27. The van der Waals surface area contributed by atoms with E-state index in [-0.39, 0.29) is 17.0 Å². The fourth-order valence-corrected chi connectivity index (χ4v) is 5.27. The highest BCUT2D eigenvalue weighted by Crippen LogP contribution is 2.32. The summed E-state index contributed by atoms with van der Waals surface area (Å²) in [7, 11) is 3.71. The first-order chi connectivity index (χ1) is 23.6. The number of nitrogens with two attached hydrogens (primary N) is 1. The number of methoxy groups -OCH3 is 1. The zero-order chi connectivity index (χ0) is 35.1. The van der Waals surface area contributed by atoms with Crippen molar-refractivity contribution < 1.29 is 19.4 Å². The van der Waals surface area contributed by atoms with Gasteiger partial charge in [-0.15, -0.1) is 0 Å². The minimum Gasteiger partial charge on any atom is -0.494 e. The van der Waals surface area contributed by atoms with Gasteiger partial charge in [-0.05, 0) is 55.6 Å². The summed E-state index contributed by atoms with van der Waals surface area (Å²) in [4.78, 5) is 62.3. The zero-order valence-corrected chi connectivity index (χ0v) is 26.9. The van der Waals surface area contributed by atoms with E-state index in [1.807, 2.05) is 18.2 Å². The number of ether oxygens (including phenoxy) is 1. The van der Waals surface area contributed by atoms with Crippen LogP contribution < -0.4 is 37.3 Å². The van der Waals surface area contributed by atoms with E-state index in [1.165, 1.54) is 10.8 Å². The van der Waals surface area contributed by atoms with Crippen LogP contribution in [0, 0.1) is 0 Å². The molecule has 1 aliphatic rings. The van der Waals surface area contributed by atoms with Crippen LogP contribution in [0.5, 0.6) is 5.75 Å². The first-order valence-corrected chi connectivity index (χ1v) is 15.1. The third-order valence-corrected chi connectivity index (χ3v) is 7.67. The number of carbonyl (C=O) groups excluding carboxylic acids is 1. The summed E-state index contributed by atoms with van der Waals surface area (Å²) < 4.78 is 8.11. The van der Waals surface area contributed by atoms with Crippen molar-refractivity contribution >= 4 is 46.0 Å². The van der Waals surface area contributed by atoms with Crippen LogP contribution in [0.1, 0.15) is 0 Å². The number of nitrogens with zero attached hydrogens (tertiary/aromatic N) is 6. The number of hydrogen-bond acceptors (Lipinski definition) is 10. The number of nitrogens with one attached hydrogen (secondary N) is 2. The Morgan fingerprint density at radius 3 is 2.31 bits per heavy atom. The first kappa shape index (κ1) is 33.9. The number of carbonyl (C=O) groups is 2. The van der Waals surface area contributed by atoms with Gasteiger partial charge in [0.15, 0.2) is 5.65 Å². The predicted octanol–water partition coefficient (Wildman–Crippen LogP) is 3.18. The van der Waals surface area contributed by atoms with Gasteiger partial charge in [0.25, 0.3) is 5.56 Å². The highest BCUT2D eigenvalue weighted by atomic mass is 16.5. The van der Waals surface area contributed by atoms with E-state index in [0.29, 0.717) is 28.5 Å². The average Bonchev–Trinajstić information content (AvgIpc) is 3.09. The summed E-state index contributed by atoms with van der Waals surface area (Å²) in [6.07, 6.45) is 1.22. The van der Waals surface area contributed by atoms with E-state index in [1.54, 1.807) is 61.7 Å². The summed E-state index contributed by atoms with van der Waals surface area (Å²) >= 11 is 0. The van der Waals surface area contributed by atoms with Crippen LogP contribution in [-0.4, -0.2) is 81.4 Å². The van der Waals surface area contributed by atoms with Crippen LogP contribution in [0.15, 0.2) is 101 Å². The minimum atomic E-state index is -1.33. The largest absolute Gasteiger partial charge is 0.494 e. The van der Waals surface area contributed by atoms with E-state index in [9.17, 15) is 14.4 Å². The van der Waals surface area contributed by atoms with Gasteiger partial charge in [0.1, 0.15) is 11.1 Å². The van der Waals surface area contributed by atoms with E-state index in [2.05, 4.69) is 49.8 Å². The van der Waals surface area contributed by atoms with Crippen LogP contribution in [0.2, 0.25) is 0 Å². The van der Waals surface area contributed by atoms with Crippen LogP contribution in [0.4, 0.5) is 27.8 Å². The Labute approximate surface area is 280 Å². The molecule has 3 heterocycles. The van der Waals surface area contributed by atoms with Crippen molar-refractivity contribution in [2.24, 2.45) is 5.73 Å². The van der Waals surface area contributed by atoms with Gasteiger partial charge in [-0.2, -0.15) is 4.98 Å². The smallest absolute Gasteiger partial charge is 0.402 e. The molecular formula is C34H35N9O6. The van der Waals surface area contributed by atoms with E-state index < -0.39 is 23.2 Å². The SMILES string of the molecule is C=CC(=O)Nc1cccc(-n2c(=O)n(-c3ccccc3)c(=O)c3cnc(Nc4ccc(N5CCN(C)CC5)cc4OC)nc32)c1.NC(=O)O. The molecule has 2 aromatic heterocycles. The lowest BCUT2D eigenvalue weighted by molar-refractivity contribution is -0.111. The highest BCUT2D eigenvalue weighted by molar-refractivity contribution is 5.99. The molecule has 0 radical (unpaired) electrons. The number of hydrogen-bond donors (Lipinski definition) is 4. The summed E-state index contributed by atoms with van der Waals surface area (Å²) in [6, 6.07) is 21.2. The molecular weight excluding hydrogens is 630 g/mol. The molecule has 5 aromatic rings. The van der Waals surface area contributed by atoms with Crippen molar-refractivity contribution in [1.29, 1.82) is 0 Å². The lowest BCUT2D eigenvalue weighted by Gasteiger charge is -2.34. The molecule has 0 aliphatic carbocycles. The number of carboxylic acid groups (broad SMARTS) is 1. The molecule has 49 heavy (non-hydrogen) atoms. The molecule has 1 aliphatic heterocycles. The number of aromatic nitrogens is 4. The number of likely N-dealkylation sites (N-methyl/N-ethyl adjacent to an activating group) is 1. The third-order valence-electron chi connectivity index (χ3n) is 7.67. The minimum absolute atomic E-state index is 0.0925. The van der Waals surface area contributed by atoms with Crippen molar-refractivity contribution in [1.82, 2.24) is 24.0 Å². The number of piperazine rings is 1. The van der Waals surface area contributed by atoms with Gasteiger partial charge in [-0.1, -0.05) is 30.8 Å². The normalized spacial score (nSPS) is 12.8. The van der Waals surface area contributed by atoms with Crippen molar-refractivity contribution in [3.8, 4) is 17.1 Å². The number of amides is 2. The average molecular weight is 666 g/mol. The van der Waals surface area contributed by atoms with Crippen LogP contribution in [0.25, 0.3) is 22.4 Å². The number of anilines is 4. The third kappa shape index (κ3) is 7.74. The van der Waals surface area contributed by atoms with Crippen molar-refractivity contribution in [3.63, 3.8) is 0 Å². The molecule has 0 saturated carbocycles. The van der Waals surface area contributed by atoms with E-state index >= 15 is 0 Å². The molecule has 3 aromatic carbocycles. The Balaban J connectivity index is 0.00000111. The lowest BCUT2D eigenvalue weighted by Crippen LogP contribution is -2.44. The molecule has 6 rings (SSSR count). The lowest BCUT2D eigenvalue weighted by atomic mass is 10.2. The zero-order valence-electron chi connectivity index (χ0n) is 26.9. The Morgan fingerprint density at radius 2 is 1.63 bits per heavy atom. The van der Waals surface area contributed by atoms with Gasteiger partial charge in [0, 0.05) is 49.8 Å². The predicted molar refractivity (Wildman–Crippen MR) is 188 cm³/mol. The van der Waals surface area contributed by atoms with Gasteiger partial charge in [0.2, 0.25) is 11.9 Å². The second-order valence-electron chi connectivity index (χ2n) is 10.9. The summed E-state index contributed by atoms with van der Waals surface area (Å²) in [5.41, 5.74) is 5.81. The summed E-state index contributed by atoms with van der Waals surface area (Å²) in [5.74, 6) is 0.354. The molecule has 0 spiro atoms. The molecule has 252 valence electrons. The molecule has 2 amide bonds. The molecule has 1 saturated heterocycles. The maximum absolute atomic E-state index is 14.1. The molecule has 5 N–H and O–H groups in total. The molecule has 1 fully saturated rings. The van der Waals surface area contributed by atoms with Crippen LogP contribution in [-0.2, 0) is 4.79 Å². The van der Waals surface area contributed by atoms with Crippen molar-refractivity contribution in [2.75, 3.05) is 55.9 Å². The number of benzene rings is 3. The standard InChI is InChI=1S/C33H32N8O4.CH3NO2/c1-4-29(42)35-22-9-8-12-25(19-22)40-30-26(31(43)41(33(40)44)23-10-6-5-7-11-23)21-34-32(37-30)36-27-14-13-24(20-28(27)45-3)39-17-15-38(2)16-18-39;2-1(3)4/h4-14,19-21H,1,15-18H2,2-3H3,(H,35,42)(H,34,36,37);2H2,(H,3,4). The topological polar surface area (TPSA) is 190 Å². The second-order valence-corrected chi connectivity index (χ2v) is 10.9. The molecule has 15 heteroatoms. The van der Waals surface area contributed by atoms with Crippen LogP contribution >= 0.6 is 0 Å². The number of primary amides is 1. The van der Waals surface area contributed by atoms with E-state index in [4.69, 9.17) is 14.6 Å². The maximum Gasteiger partial charge on any atom is 0.402 e. The van der Waals surface area contributed by atoms with Gasteiger partial charge >= 0.3 is 11.8 Å². The van der Waals surface area contributed by atoms with Crippen molar-refractivity contribution in [3.05, 3.63) is 112 Å². The highest BCUT2D eigenvalue weighted by Gasteiger charge is 2.20. The number of para-hydroxylation sites is 1. The van der Waals surface area contributed by atoms with Crippen LogP contribution in [0.3, 0.4) is 0 Å². The van der Waals surface area contributed by atoms with Gasteiger partial charge < -0.3 is 36.0 Å². The van der Waals surface area contributed by atoms with Gasteiger partial charge in [-0.3, -0.25) is 9.59 Å². The Bertz CT molecular complexity index is 2120. The van der Waals surface area contributed by atoms with Gasteiger partial charge in [-0.25, -0.2) is 23.7 Å². The second kappa shape index (κ2) is 15.0. The Kier molecular flexibility index (Phi) is 10.3. The monoisotopic (exact) mass is 665 g/mol. The number of fused-ring (bicyclic) bond motifs is 1. The Morgan fingerprint density at radius 1 is 0.939 bits per heavy atom. The maximum atomic E-state index is 14.1. The molecule has 0 bridgehead atoms.